The van der Waals surface area contributed by atoms with Gasteiger partial charge in [-0.25, -0.2) is 4.39 Å². The molecular formula is C20H14FN3O3. The predicted octanol–water partition coefficient (Wildman–Crippen LogP) is 4.07. The van der Waals surface area contributed by atoms with Crippen LogP contribution in [0.1, 0.15) is 16.2 Å². The summed E-state index contributed by atoms with van der Waals surface area (Å²) in [5.41, 5.74) is 1.77. The molecule has 4 aromatic rings. The Bertz CT molecular complexity index is 1070. The maximum Gasteiger partial charge on any atom is 0.273 e. The van der Waals surface area contributed by atoms with E-state index >= 15 is 0 Å². The number of amides is 1. The van der Waals surface area contributed by atoms with Gasteiger partial charge in [0.2, 0.25) is 0 Å². The Morgan fingerprint density at radius 1 is 0.926 bits per heavy atom. The summed E-state index contributed by atoms with van der Waals surface area (Å²) in [7, 11) is 0. The summed E-state index contributed by atoms with van der Waals surface area (Å²) in [4.78, 5) is 12.2. The van der Waals surface area contributed by atoms with Crippen molar-refractivity contribution in [3.63, 3.8) is 0 Å². The van der Waals surface area contributed by atoms with Crippen LogP contribution in [0.3, 0.4) is 0 Å². The Labute approximate surface area is 153 Å². The fourth-order valence-corrected chi connectivity index (χ4v) is 2.57. The van der Waals surface area contributed by atoms with Gasteiger partial charge in [-0.1, -0.05) is 52.8 Å². The largest absolute Gasteiger partial charge is 0.356 e. The zero-order valence-electron chi connectivity index (χ0n) is 14.1. The Hall–Kier alpha value is -3.74. The van der Waals surface area contributed by atoms with Crippen LogP contribution in [0, 0.1) is 5.82 Å². The second kappa shape index (κ2) is 7.25. The van der Waals surface area contributed by atoms with Gasteiger partial charge in [0, 0.05) is 17.7 Å². The molecule has 1 amide bonds. The quantitative estimate of drug-likeness (QED) is 0.578. The maximum absolute atomic E-state index is 13.8. The molecule has 0 saturated carbocycles. The molecule has 27 heavy (non-hydrogen) atoms. The molecule has 0 bridgehead atoms. The van der Waals surface area contributed by atoms with Crippen molar-refractivity contribution >= 4 is 5.91 Å². The monoisotopic (exact) mass is 363 g/mol. The zero-order valence-corrected chi connectivity index (χ0v) is 14.1. The minimum atomic E-state index is -0.453. The molecule has 0 fully saturated rings. The number of nitrogens with one attached hydrogen (secondary N) is 1. The van der Waals surface area contributed by atoms with Crippen LogP contribution in [-0.4, -0.2) is 16.2 Å². The first kappa shape index (κ1) is 16.7. The molecule has 0 unspecified atom stereocenters. The van der Waals surface area contributed by atoms with Gasteiger partial charge in [-0.15, -0.1) is 0 Å². The minimum Gasteiger partial charge on any atom is -0.356 e. The molecule has 134 valence electrons. The van der Waals surface area contributed by atoms with Crippen LogP contribution in [0.15, 0.2) is 75.8 Å². The molecule has 0 radical (unpaired) electrons. The number of hydrogen-bond donors (Lipinski definition) is 1. The van der Waals surface area contributed by atoms with E-state index in [1.807, 2.05) is 30.3 Å². The maximum atomic E-state index is 13.8. The van der Waals surface area contributed by atoms with Gasteiger partial charge in [-0.3, -0.25) is 4.79 Å². The number of rotatable bonds is 5. The number of carbonyl (C=O) groups is 1. The Balaban J connectivity index is 1.42. The number of halogens is 1. The van der Waals surface area contributed by atoms with Crippen molar-refractivity contribution in [1.82, 2.24) is 15.6 Å². The summed E-state index contributed by atoms with van der Waals surface area (Å²) in [6.45, 7) is 0.164. The molecule has 7 heteroatoms. The Morgan fingerprint density at radius 2 is 1.67 bits per heavy atom. The molecule has 0 aliphatic heterocycles. The molecule has 2 heterocycles. The SMILES string of the molecule is O=C(NCc1cc(-c2ccccc2)on1)c1cc(-c2ccccc2F)on1. The van der Waals surface area contributed by atoms with E-state index in [0.717, 1.165) is 5.56 Å². The molecule has 2 aromatic heterocycles. The van der Waals surface area contributed by atoms with Gasteiger partial charge in [0.05, 0.1) is 12.1 Å². The average Bonchev–Trinajstić information content (AvgIpc) is 3.37. The lowest BCUT2D eigenvalue weighted by molar-refractivity contribution is 0.0941. The van der Waals surface area contributed by atoms with Gasteiger partial charge >= 0.3 is 0 Å². The normalized spacial score (nSPS) is 10.7. The van der Waals surface area contributed by atoms with Crippen LogP contribution in [-0.2, 0) is 6.54 Å². The predicted molar refractivity (Wildman–Crippen MR) is 95.0 cm³/mol. The van der Waals surface area contributed by atoms with Crippen molar-refractivity contribution in [3.05, 3.63) is 83.9 Å². The number of hydrogen-bond acceptors (Lipinski definition) is 5. The topological polar surface area (TPSA) is 81.2 Å². The van der Waals surface area contributed by atoms with Crippen molar-refractivity contribution in [2.24, 2.45) is 0 Å². The van der Waals surface area contributed by atoms with E-state index in [9.17, 15) is 9.18 Å². The minimum absolute atomic E-state index is 0.0556. The number of aromatic nitrogens is 2. The lowest BCUT2D eigenvalue weighted by Gasteiger charge is -1.98. The average molecular weight is 363 g/mol. The van der Waals surface area contributed by atoms with E-state index in [0.29, 0.717) is 11.5 Å². The van der Waals surface area contributed by atoms with Gasteiger partial charge in [0.15, 0.2) is 17.2 Å². The summed E-state index contributed by atoms with van der Waals surface area (Å²) in [6.07, 6.45) is 0. The third kappa shape index (κ3) is 3.62. The van der Waals surface area contributed by atoms with E-state index < -0.39 is 11.7 Å². The van der Waals surface area contributed by atoms with Crippen LogP contribution >= 0.6 is 0 Å². The second-order valence-corrected chi connectivity index (χ2v) is 5.79. The van der Waals surface area contributed by atoms with Gasteiger partial charge in [0.1, 0.15) is 11.5 Å². The van der Waals surface area contributed by atoms with Crippen LogP contribution in [0.5, 0.6) is 0 Å². The molecule has 0 saturated heterocycles. The Morgan fingerprint density at radius 3 is 2.48 bits per heavy atom. The lowest BCUT2D eigenvalue weighted by atomic mass is 10.1. The van der Waals surface area contributed by atoms with E-state index in [1.165, 1.54) is 12.1 Å². The summed E-state index contributed by atoms with van der Waals surface area (Å²) >= 11 is 0. The van der Waals surface area contributed by atoms with E-state index in [2.05, 4.69) is 15.6 Å². The molecule has 0 aliphatic carbocycles. The number of carbonyl (C=O) groups excluding carboxylic acids is 1. The summed E-state index contributed by atoms with van der Waals surface area (Å²) in [6, 6.07) is 18.8. The molecule has 0 atom stereocenters. The van der Waals surface area contributed by atoms with Crippen molar-refractivity contribution in [3.8, 4) is 22.6 Å². The third-order valence-electron chi connectivity index (χ3n) is 3.93. The number of nitrogens with zero attached hydrogens (tertiary/aromatic N) is 2. The number of benzene rings is 2. The summed E-state index contributed by atoms with van der Waals surface area (Å²) < 4.78 is 24.2. The van der Waals surface area contributed by atoms with Crippen LogP contribution in [0.2, 0.25) is 0 Å². The molecule has 1 N–H and O–H groups in total. The molecule has 0 aliphatic rings. The molecule has 2 aromatic carbocycles. The highest BCUT2D eigenvalue weighted by Crippen LogP contribution is 2.23. The van der Waals surface area contributed by atoms with E-state index in [1.54, 1.807) is 24.3 Å². The smallest absolute Gasteiger partial charge is 0.273 e. The standard InChI is InChI=1S/C20H14FN3O3/c21-16-9-5-4-8-15(16)19-11-17(24-27-19)20(25)22-12-14-10-18(26-23-14)13-6-2-1-3-7-13/h1-11H,12H2,(H,22,25). The van der Waals surface area contributed by atoms with Crippen molar-refractivity contribution in [2.45, 2.75) is 6.54 Å². The second-order valence-electron chi connectivity index (χ2n) is 5.79. The van der Waals surface area contributed by atoms with Gasteiger partial charge in [0.25, 0.3) is 5.91 Å². The van der Waals surface area contributed by atoms with Crippen molar-refractivity contribution in [2.75, 3.05) is 0 Å². The van der Waals surface area contributed by atoms with Gasteiger partial charge in [-0.2, -0.15) is 0 Å². The van der Waals surface area contributed by atoms with Gasteiger partial charge in [-0.05, 0) is 12.1 Å². The van der Waals surface area contributed by atoms with Crippen molar-refractivity contribution in [1.29, 1.82) is 0 Å². The summed E-state index contributed by atoms with van der Waals surface area (Å²) in [5, 5.41) is 10.3. The van der Waals surface area contributed by atoms with Gasteiger partial charge < -0.3 is 14.4 Å². The lowest BCUT2D eigenvalue weighted by Crippen LogP contribution is -2.23. The molecule has 0 spiro atoms. The van der Waals surface area contributed by atoms with Crippen LogP contribution in [0.4, 0.5) is 4.39 Å². The van der Waals surface area contributed by atoms with E-state index in [4.69, 9.17) is 9.05 Å². The van der Waals surface area contributed by atoms with Crippen LogP contribution in [0.25, 0.3) is 22.6 Å². The molecule has 6 nitrogen and oxygen atoms in total. The zero-order chi connectivity index (χ0) is 18.6. The highest BCUT2D eigenvalue weighted by molar-refractivity contribution is 5.93. The summed E-state index contributed by atoms with van der Waals surface area (Å²) in [5.74, 6) is -0.101. The van der Waals surface area contributed by atoms with Crippen molar-refractivity contribution < 1.29 is 18.2 Å². The fraction of sp³-hybridized carbons (Fsp3) is 0.0500. The molecule has 4 rings (SSSR count). The first-order valence-corrected chi connectivity index (χ1v) is 8.21. The molecular weight excluding hydrogens is 349 g/mol. The fourth-order valence-electron chi connectivity index (χ4n) is 2.57. The first-order valence-electron chi connectivity index (χ1n) is 8.21. The highest BCUT2D eigenvalue weighted by atomic mass is 19.1. The third-order valence-corrected chi connectivity index (χ3v) is 3.93. The van der Waals surface area contributed by atoms with Crippen LogP contribution < -0.4 is 5.32 Å². The highest BCUT2D eigenvalue weighted by Gasteiger charge is 2.16. The van der Waals surface area contributed by atoms with E-state index in [-0.39, 0.29) is 23.6 Å². The first-order chi connectivity index (χ1) is 13.2. The Kier molecular flexibility index (Phi) is 4.49.